The van der Waals surface area contributed by atoms with Gasteiger partial charge in [0.1, 0.15) is 0 Å². The average molecular weight is 236 g/mol. The highest BCUT2D eigenvalue weighted by molar-refractivity contribution is 5.55. The topological polar surface area (TPSA) is 35.5 Å². The summed E-state index contributed by atoms with van der Waals surface area (Å²) < 4.78 is 79.1. The van der Waals surface area contributed by atoms with Crippen LogP contribution >= 0.6 is 0 Å². The maximum atomic E-state index is 12.0. The first-order valence-corrected chi connectivity index (χ1v) is 3.33. The van der Waals surface area contributed by atoms with Gasteiger partial charge in [-0.05, 0) is 0 Å². The van der Waals surface area contributed by atoms with Crippen molar-refractivity contribution in [3.63, 3.8) is 0 Å². The normalized spacial score (nSPS) is 18.8. The van der Waals surface area contributed by atoms with Crippen molar-refractivity contribution in [3.05, 3.63) is 11.5 Å². The fraction of sp³-hybridized carbons (Fsp3) is 0.500. The lowest BCUT2D eigenvalue weighted by Crippen LogP contribution is -2.20. The third-order valence-corrected chi connectivity index (χ3v) is 1.30. The summed E-state index contributed by atoms with van der Waals surface area (Å²) in [4.78, 5) is 9.94. The van der Waals surface area contributed by atoms with Gasteiger partial charge in [0.15, 0.2) is 0 Å². The molecule has 0 amide bonds. The molecule has 9 heteroatoms. The van der Waals surface area contributed by atoms with Crippen molar-refractivity contribution < 1.29 is 40.6 Å². The van der Waals surface area contributed by atoms with Gasteiger partial charge in [-0.25, -0.2) is 0 Å². The summed E-state index contributed by atoms with van der Waals surface area (Å²) in [5.41, 5.74) is 0. The van der Waals surface area contributed by atoms with Gasteiger partial charge in [0.2, 0.25) is 6.29 Å². The van der Waals surface area contributed by atoms with Crippen LogP contribution in [0.4, 0.5) is 26.3 Å². The molecule has 0 aliphatic carbocycles. The lowest BCUT2D eigenvalue weighted by atomic mass is 10.4. The third-order valence-electron chi connectivity index (χ3n) is 1.30. The first-order chi connectivity index (χ1) is 6.66. The van der Waals surface area contributed by atoms with E-state index in [2.05, 4.69) is 9.47 Å². The molecule has 15 heavy (non-hydrogen) atoms. The van der Waals surface area contributed by atoms with Gasteiger partial charge in [-0.3, -0.25) is 4.79 Å². The zero-order valence-corrected chi connectivity index (χ0v) is 6.65. The molecular weight excluding hydrogens is 234 g/mol. The van der Waals surface area contributed by atoms with Crippen molar-refractivity contribution in [2.75, 3.05) is 0 Å². The van der Waals surface area contributed by atoms with Crippen LogP contribution in [0.2, 0.25) is 0 Å². The van der Waals surface area contributed by atoms with E-state index in [0.29, 0.717) is 0 Å². The molecule has 3 nitrogen and oxygen atoms in total. The van der Waals surface area contributed by atoms with E-state index in [1.54, 1.807) is 0 Å². The molecule has 1 aliphatic rings. The van der Waals surface area contributed by atoms with E-state index in [-0.39, 0.29) is 6.29 Å². The Balaban J connectivity index is 3.09. The minimum Gasteiger partial charge on any atom is -0.439 e. The number of hydrogen-bond acceptors (Lipinski definition) is 3. The summed E-state index contributed by atoms with van der Waals surface area (Å²) in [7, 11) is 0. The zero-order valence-electron chi connectivity index (χ0n) is 6.65. The Morgan fingerprint density at radius 1 is 0.933 bits per heavy atom. The zero-order chi connectivity index (χ0) is 11.9. The van der Waals surface area contributed by atoms with Gasteiger partial charge in [-0.2, -0.15) is 26.3 Å². The number of carbonyl (C=O) groups excluding carboxylic acids is 1. The molecule has 1 rings (SSSR count). The number of ether oxygens (including phenoxy) is 2. The van der Waals surface area contributed by atoms with Crippen molar-refractivity contribution in [3.8, 4) is 0 Å². The van der Waals surface area contributed by atoms with Gasteiger partial charge in [0, 0.05) is 0 Å². The second kappa shape index (κ2) is 3.31. The lowest BCUT2D eigenvalue weighted by molar-refractivity contribution is -0.157. The quantitative estimate of drug-likeness (QED) is 0.515. The average Bonchev–Trinajstić information content (AvgIpc) is 2.44. The Morgan fingerprint density at radius 3 is 1.47 bits per heavy atom. The summed E-state index contributed by atoms with van der Waals surface area (Å²) in [5, 5.41) is 0. The standard InChI is InChI=1S/C6H2F6O3/c7-5(8,9)3-4(6(10,11)12)15-2(1-13)14-3/h1-2H. The SMILES string of the molecule is O=CC1OC(C(F)(F)F)=C(C(F)(F)F)O1. The molecule has 0 radical (unpaired) electrons. The minimum absolute atomic E-state index is 0.315. The summed E-state index contributed by atoms with van der Waals surface area (Å²) in [5.74, 6) is -4.68. The monoisotopic (exact) mass is 236 g/mol. The van der Waals surface area contributed by atoms with Gasteiger partial charge in [-0.15, -0.1) is 0 Å². The Hall–Kier alpha value is -1.41. The van der Waals surface area contributed by atoms with Crippen molar-refractivity contribution in [2.45, 2.75) is 18.6 Å². The number of allylic oxidation sites excluding steroid dienone is 2. The first-order valence-electron chi connectivity index (χ1n) is 3.33. The molecule has 0 aromatic carbocycles. The van der Waals surface area contributed by atoms with Crippen LogP contribution in [0.1, 0.15) is 0 Å². The summed E-state index contributed by atoms with van der Waals surface area (Å²) in [6.45, 7) is 0. The van der Waals surface area contributed by atoms with Crippen LogP contribution in [-0.4, -0.2) is 24.9 Å². The molecule has 0 atom stereocenters. The molecule has 0 saturated carbocycles. The molecule has 0 aromatic rings. The molecule has 0 spiro atoms. The van der Waals surface area contributed by atoms with Crippen LogP contribution < -0.4 is 0 Å². The van der Waals surface area contributed by atoms with Crippen molar-refractivity contribution in [1.82, 2.24) is 0 Å². The smallest absolute Gasteiger partial charge is 0.439 e. The fourth-order valence-electron chi connectivity index (χ4n) is 0.810. The second-order valence-corrected chi connectivity index (χ2v) is 2.39. The predicted molar refractivity (Wildman–Crippen MR) is 31.2 cm³/mol. The highest BCUT2D eigenvalue weighted by Crippen LogP contribution is 2.42. The van der Waals surface area contributed by atoms with Crippen LogP contribution in [0.5, 0.6) is 0 Å². The molecule has 86 valence electrons. The predicted octanol–water partition coefficient (Wildman–Crippen LogP) is 1.89. The number of carbonyl (C=O) groups is 1. The summed E-state index contributed by atoms with van der Waals surface area (Å²) in [6, 6.07) is 0. The molecule has 1 heterocycles. The Kier molecular flexibility index (Phi) is 2.58. The molecule has 0 fully saturated rings. The van der Waals surface area contributed by atoms with Crippen LogP contribution in [-0.2, 0) is 14.3 Å². The first kappa shape index (κ1) is 11.7. The molecule has 0 unspecified atom stereocenters. The molecule has 0 saturated heterocycles. The van der Waals surface area contributed by atoms with Gasteiger partial charge < -0.3 is 9.47 Å². The molecule has 0 N–H and O–H groups in total. The number of alkyl halides is 6. The van der Waals surface area contributed by atoms with E-state index in [0.717, 1.165) is 0 Å². The fourth-order valence-corrected chi connectivity index (χ4v) is 0.810. The van der Waals surface area contributed by atoms with E-state index in [9.17, 15) is 31.1 Å². The second-order valence-electron chi connectivity index (χ2n) is 2.39. The number of rotatable bonds is 1. The van der Waals surface area contributed by atoms with Crippen LogP contribution in [0, 0.1) is 0 Å². The minimum atomic E-state index is -5.36. The van der Waals surface area contributed by atoms with Crippen molar-refractivity contribution in [1.29, 1.82) is 0 Å². The maximum Gasteiger partial charge on any atom is 0.452 e. The molecule has 0 aromatic heterocycles. The van der Waals surface area contributed by atoms with E-state index in [4.69, 9.17) is 0 Å². The van der Waals surface area contributed by atoms with Gasteiger partial charge >= 0.3 is 12.4 Å². The Bertz CT molecular complexity index is 275. The largest absolute Gasteiger partial charge is 0.452 e. The number of halogens is 6. The van der Waals surface area contributed by atoms with Gasteiger partial charge in [0.05, 0.1) is 0 Å². The summed E-state index contributed by atoms with van der Waals surface area (Å²) in [6.07, 6.45) is -13.2. The molecular formula is C6H2F6O3. The highest BCUT2D eigenvalue weighted by Gasteiger charge is 2.54. The molecule has 0 bridgehead atoms. The number of aldehydes is 1. The summed E-state index contributed by atoms with van der Waals surface area (Å²) >= 11 is 0. The van der Waals surface area contributed by atoms with Gasteiger partial charge in [0.25, 0.3) is 17.8 Å². The van der Waals surface area contributed by atoms with Crippen molar-refractivity contribution in [2.24, 2.45) is 0 Å². The number of hydrogen-bond donors (Lipinski definition) is 0. The highest BCUT2D eigenvalue weighted by atomic mass is 19.4. The van der Waals surface area contributed by atoms with E-state index >= 15 is 0 Å². The Morgan fingerprint density at radius 2 is 1.27 bits per heavy atom. The Labute approximate surface area is 78.3 Å². The lowest BCUT2D eigenvalue weighted by Gasteiger charge is -2.08. The third kappa shape index (κ3) is 2.34. The van der Waals surface area contributed by atoms with E-state index in [1.807, 2.05) is 0 Å². The van der Waals surface area contributed by atoms with Crippen LogP contribution in [0.15, 0.2) is 11.5 Å². The van der Waals surface area contributed by atoms with E-state index in [1.165, 1.54) is 0 Å². The maximum absolute atomic E-state index is 12.0. The van der Waals surface area contributed by atoms with Crippen LogP contribution in [0.25, 0.3) is 0 Å². The van der Waals surface area contributed by atoms with E-state index < -0.39 is 30.2 Å². The molecule has 1 aliphatic heterocycles. The van der Waals surface area contributed by atoms with Crippen LogP contribution in [0.3, 0.4) is 0 Å². The van der Waals surface area contributed by atoms with Crippen molar-refractivity contribution >= 4 is 6.29 Å². The van der Waals surface area contributed by atoms with Gasteiger partial charge in [-0.1, -0.05) is 0 Å².